The molecule has 0 spiro atoms. The van der Waals surface area contributed by atoms with Gasteiger partial charge in [0.1, 0.15) is 13.2 Å². The zero-order valence-corrected chi connectivity index (χ0v) is 51.1. The van der Waals surface area contributed by atoms with Gasteiger partial charge < -0.3 is 14.2 Å². The largest absolute Gasteiger partial charge is 0.462 e. The number of rotatable bonds is 64. The lowest BCUT2D eigenvalue weighted by Gasteiger charge is -2.18. The Balaban J connectivity index is 3.99. The second-order valence-electron chi connectivity index (χ2n) is 23.5. The van der Waals surface area contributed by atoms with Crippen molar-refractivity contribution in [2.45, 2.75) is 399 Å². The van der Waals surface area contributed by atoms with Crippen LogP contribution in [0, 0.1) is 0 Å². The monoisotopic (exact) mass is 1060 g/mol. The predicted molar refractivity (Wildman–Crippen MR) is 326 cm³/mol. The second-order valence-corrected chi connectivity index (χ2v) is 23.5. The number of hydrogen-bond donors (Lipinski definition) is 0. The van der Waals surface area contributed by atoms with E-state index in [1.54, 1.807) is 0 Å². The van der Waals surface area contributed by atoms with Crippen molar-refractivity contribution < 1.29 is 28.6 Å². The third-order valence-corrected chi connectivity index (χ3v) is 15.8. The molecule has 0 saturated carbocycles. The number of carbonyl (C=O) groups is 3. The molecule has 6 nitrogen and oxygen atoms in total. The fourth-order valence-corrected chi connectivity index (χ4v) is 10.6. The van der Waals surface area contributed by atoms with Crippen LogP contribution in [0.1, 0.15) is 393 Å². The number of unbranched alkanes of at least 4 members (excludes halogenated alkanes) is 51. The summed E-state index contributed by atoms with van der Waals surface area (Å²) in [6.45, 7) is 6.70. The Morgan fingerprint density at radius 2 is 0.440 bits per heavy atom. The number of allylic oxidation sites excluding steroid dienone is 2. The SMILES string of the molecule is CCCCCCCCCC/C=C\CCCCCCCCCCCCCCCCCCCCCCCC(=O)OCC(COC(=O)CCCCCCCCCCCCCC)OC(=O)CCCCCCCCCCCCCC. The maximum atomic E-state index is 12.8. The highest BCUT2D eigenvalue weighted by molar-refractivity contribution is 5.71. The van der Waals surface area contributed by atoms with E-state index in [2.05, 4.69) is 32.9 Å². The molecule has 1 atom stereocenters. The van der Waals surface area contributed by atoms with Gasteiger partial charge in [-0.25, -0.2) is 0 Å². The van der Waals surface area contributed by atoms with Crippen LogP contribution in [0.4, 0.5) is 0 Å². The van der Waals surface area contributed by atoms with E-state index < -0.39 is 6.10 Å². The van der Waals surface area contributed by atoms with Gasteiger partial charge in [0.05, 0.1) is 0 Å². The first-order chi connectivity index (χ1) is 37.0. The Morgan fingerprint density at radius 1 is 0.253 bits per heavy atom. The quantitative estimate of drug-likeness (QED) is 0.0261. The zero-order valence-electron chi connectivity index (χ0n) is 51.1. The maximum Gasteiger partial charge on any atom is 0.306 e. The summed E-state index contributed by atoms with van der Waals surface area (Å²) in [7, 11) is 0. The fraction of sp³-hybridized carbons (Fsp3) is 0.928. The van der Waals surface area contributed by atoms with Crippen molar-refractivity contribution in [1.29, 1.82) is 0 Å². The van der Waals surface area contributed by atoms with Crippen molar-refractivity contribution in [1.82, 2.24) is 0 Å². The third-order valence-electron chi connectivity index (χ3n) is 15.8. The van der Waals surface area contributed by atoms with Gasteiger partial charge in [-0.3, -0.25) is 14.4 Å². The van der Waals surface area contributed by atoms with E-state index in [1.807, 2.05) is 0 Å². The Hall–Kier alpha value is -1.85. The van der Waals surface area contributed by atoms with Gasteiger partial charge in [-0.15, -0.1) is 0 Å². The average Bonchev–Trinajstić information content (AvgIpc) is 3.41. The van der Waals surface area contributed by atoms with Crippen molar-refractivity contribution >= 4 is 17.9 Å². The highest BCUT2D eigenvalue weighted by Gasteiger charge is 2.19. The summed E-state index contributed by atoms with van der Waals surface area (Å²) in [5.74, 6) is -0.833. The molecule has 0 amide bonds. The van der Waals surface area contributed by atoms with Gasteiger partial charge in [-0.1, -0.05) is 341 Å². The summed E-state index contributed by atoms with van der Waals surface area (Å²) in [4.78, 5) is 38.2. The molecule has 0 aromatic rings. The van der Waals surface area contributed by atoms with E-state index in [9.17, 15) is 14.4 Å². The summed E-state index contributed by atoms with van der Waals surface area (Å²) < 4.78 is 16.9. The van der Waals surface area contributed by atoms with Crippen LogP contribution < -0.4 is 0 Å². The highest BCUT2D eigenvalue weighted by Crippen LogP contribution is 2.19. The van der Waals surface area contributed by atoms with Crippen LogP contribution in [0.25, 0.3) is 0 Å². The van der Waals surface area contributed by atoms with Gasteiger partial charge in [0, 0.05) is 19.3 Å². The molecule has 0 rings (SSSR count). The molecule has 75 heavy (non-hydrogen) atoms. The van der Waals surface area contributed by atoms with Gasteiger partial charge in [0.15, 0.2) is 6.10 Å². The zero-order chi connectivity index (χ0) is 54.3. The summed E-state index contributed by atoms with van der Waals surface area (Å²) in [5, 5.41) is 0. The highest BCUT2D eigenvalue weighted by atomic mass is 16.6. The molecule has 0 heterocycles. The molecule has 1 unspecified atom stereocenters. The van der Waals surface area contributed by atoms with Crippen LogP contribution in [0.2, 0.25) is 0 Å². The number of esters is 3. The molecule has 0 N–H and O–H groups in total. The van der Waals surface area contributed by atoms with Crippen molar-refractivity contribution in [3.63, 3.8) is 0 Å². The molecule has 0 fully saturated rings. The maximum absolute atomic E-state index is 12.8. The molecule has 0 saturated heterocycles. The van der Waals surface area contributed by atoms with E-state index in [0.717, 1.165) is 57.8 Å². The average molecular weight is 1060 g/mol. The summed E-state index contributed by atoms with van der Waals surface area (Å²) in [5.41, 5.74) is 0. The summed E-state index contributed by atoms with van der Waals surface area (Å²) in [6.07, 6.45) is 76.9. The predicted octanol–water partition coefficient (Wildman–Crippen LogP) is 23.2. The number of hydrogen-bond acceptors (Lipinski definition) is 6. The smallest absolute Gasteiger partial charge is 0.306 e. The summed E-state index contributed by atoms with van der Waals surface area (Å²) >= 11 is 0. The first-order valence-electron chi connectivity index (χ1n) is 34.2. The van der Waals surface area contributed by atoms with Crippen LogP contribution >= 0.6 is 0 Å². The summed E-state index contributed by atoms with van der Waals surface area (Å²) in [6, 6.07) is 0. The molecule has 0 aliphatic rings. The molecule has 0 aromatic carbocycles. The normalized spacial score (nSPS) is 12.0. The van der Waals surface area contributed by atoms with E-state index in [0.29, 0.717) is 19.3 Å². The van der Waals surface area contributed by atoms with Crippen LogP contribution in [0.5, 0.6) is 0 Å². The third kappa shape index (κ3) is 62.9. The van der Waals surface area contributed by atoms with Gasteiger partial charge in [0.25, 0.3) is 0 Å². The fourth-order valence-electron chi connectivity index (χ4n) is 10.6. The first-order valence-corrected chi connectivity index (χ1v) is 34.2. The molecule has 0 aliphatic carbocycles. The molecule has 444 valence electrons. The van der Waals surface area contributed by atoms with Crippen molar-refractivity contribution in [3.05, 3.63) is 12.2 Å². The Labute approximate surface area is 469 Å². The first kappa shape index (κ1) is 73.2. The van der Waals surface area contributed by atoms with Crippen LogP contribution in [-0.2, 0) is 28.6 Å². The van der Waals surface area contributed by atoms with Crippen LogP contribution in [0.3, 0.4) is 0 Å². The van der Waals surface area contributed by atoms with E-state index >= 15 is 0 Å². The minimum absolute atomic E-state index is 0.0623. The van der Waals surface area contributed by atoms with Crippen molar-refractivity contribution in [3.8, 4) is 0 Å². The lowest BCUT2D eigenvalue weighted by molar-refractivity contribution is -0.167. The van der Waals surface area contributed by atoms with E-state index in [-0.39, 0.29) is 31.1 Å². The Morgan fingerprint density at radius 3 is 0.667 bits per heavy atom. The minimum Gasteiger partial charge on any atom is -0.462 e. The standard InChI is InChI=1S/C69H132O6/c1-4-7-10-13-16-19-22-25-26-27-28-29-30-31-32-33-34-35-36-37-38-39-40-41-42-43-44-45-48-50-53-56-59-62-68(71)74-65-66(75-69(72)63-60-57-54-51-47-24-21-18-15-12-9-6-3)64-73-67(70)61-58-55-52-49-46-23-20-17-14-11-8-5-2/h27-28,66H,4-26,29-65H2,1-3H3/b28-27-. The van der Waals surface area contributed by atoms with Crippen LogP contribution in [0.15, 0.2) is 12.2 Å². The van der Waals surface area contributed by atoms with E-state index in [4.69, 9.17) is 14.2 Å². The van der Waals surface area contributed by atoms with Crippen molar-refractivity contribution in [2.75, 3.05) is 13.2 Å². The van der Waals surface area contributed by atoms with Crippen LogP contribution in [-0.4, -0.2) is 37.2 Å². The van der Waals surface area contributed by atoms with Gasteiger partial charge in [-0.2, -0.15) is 0 Å². The Bertz CT molecular complexity index is 1170. The van der Waals surface area contributed by atoms with Gasteiger partial charge in [-0.05, 0) is 44.9 Å². The molecular weight excluding hydrogens is 925 g/mol. The molecule has 0 aliphatic heterocycles. The topological polar surface area (TPSA) is 78.9 Å². The molecule has 0 bridgehead atoms. The molecule has 6 heteroatoms. The lowest BCUT2D eigenvalue weighted by Crippen LogP contribution is -2.30. The van der Waals surface area contributed by atoms with E-state index in [1.165, 1.54) is 295 Å². The molecule has 0 radical (unpaired) electrons. The van der Waals surface area contributed by atoms with Gasteiger partial charge in [0.2, 0.25) is 0 Å². The Kier molecular flexibility index (Phi) is 63.1. The van der Waals surface area contributed by atoms with Gasteiger partial charge >= 0.3 is 17.9 Å². The van der Waals surface area contributed by atoms with Crippen molar-refractivity contribution in [2.24, 2.45) is 0 Å². The second kappa shape index (κ2) is 64.7. The number of ether oxygens (including phenoxy) is 3. The molecule has 0 aromatic heterocycles. The number of carbonyl (C=O) groups excluding carboxylic acids is 3. The lowest BCUT2D eigenvalue weighted by atomic mass is 10.0. The molecular formula is C69H132O6. The minimum atomic E-state index is -0.763.